The van der Waals surface area contributed by atoms with Gasteiger partial charge in [0.15, 0.2) is 0 Å². The molecule has 62 valence electrons. The first kappa shape index (κ1) is 7.10. The Morgan fingerprint density at radius 2 is 2.27 bits per heavy atom. The highest BCUT2D eigenvalue weighted by Gasteiger charge is 2.29. The second-order valence-corrected chi connectivity index (χ2v) is 3.37. The molecule has 2 saturated heterocycles. The van der Waals surface area contributed by atoms with E-state index in [-0.39, 0.29) is 5.92 Å². The quantitative estimate of drug-likeness (QED) is 0.568. The summed E-state index contributed by atoms with van der Waals surface area (Å²) in [5, 5.41) is 3.21. The van der Waals surface area contributed by atoms with Gasteiger partial charge in [-0.05, 0) is 19.4 Å². The van der Waals surface area contributed by atoms with Crippen LogP contribution in [0.4, 0.5) is 0 Å². The van der Waals surface area contributed by atoms with Gasteiger partial charge in [0.2, 0.25) is 5.91 Å². The van der Waals surface area contributed by atoms with Crippen LogP contribution in [0.25, 0.3) is 0 Å². The van der Waals surface area contributed by atoms with Crippen LogP contribution in [0, 0.1) is 5.92 Å². The molecule has 11 heavy (non-hydrogen) atoms. The molecule has 0 aromatic carbocycles. The first-order valence-corrected chi connectivity index (χ1v) is 4.37. The third kappa shape index (κ3) is 1.25. The number of rotatable bonds is 1. The van der Waals surface area contributed by atoms with Crippen molar-refractivity contribution in [2.24, 2.45) is 5.92 Å². The van der Waals surface area contributed by atoms with Crippen LogP contribution in [0.3, 0.4) is 0 Å². The van der Waals surface area contributed by atoms with Crippen LogP contribution in [-0.2, 0) is 4.79 Å². The third-order valence-electron chi connectivity index (χ3n) is 2.58. The maximum Gasteiger partial charge on any atom is 0.227 e. The average molecular weight is 154 g/mol. The molecule has 3 nitrogen and oxygen atoms in total. The van der Waals surface area contributed by atoms with Gasteiger partial charge in [-0.1, -0.05) is 0 Å². The van der Waals surface area contributed by atoms with Crippen LogP contribution in [0.15, 0.2) is 0 Å². The molecule has 0 bridgehead atoms. The fourth-order valence-electron chi connectivity index (χ4n) is 1.66. The molecule has 2 rings (SSSR count). The number of nitrogens with zero attached hydrogens (tertiary/aromatic N) is 1. The summed E-state index contributed by atoms with van der Waals surface area (Å²) < 4.78 is 0. The van der Waals surface area contributed by atoms with Crippen LogP contribution < -0.4 is 5.32 Å². The summed E-state index contributed by atoms with van der Waals surface area (Å²) in [6.45, 7) is 3.91. The summed E-state index contributed by atoms with van der Waals surface area (Å²) in [7, 11) is 0. The van der Waals surface area contributed by atoms with Gasteiger partial charge in [0.05, 0.1) is 5.92 Å². The van der Waals surface area contributed by atoms with E-state index < -0.39 is 0 Å². The molecular weight excluding hydrogens is 140 g/mol. The lowest BCUT2D eigenvalue weighted by Crippen LogP contribution is -2.45. The summed E-state index contributed by atoms with van der Waals surface area (Å²) in [4.78, 5) is 13.5. The Labute approximate surface area is 66.8 Å². The molecule has 1 N–H and O–H groups in total. The van der Waals surface area contributed by atoms with Gasteiger partial charge in [-0.25, -0.2) is 0 Å². The van der Waals surface area contributed by atoms with Crippen LogP contribution in [0.2, 0.25) is 0 Å². The first-order chi connectivity index (χ1) is 5.38. The molecule has 0 spiro atoms. The van der Waals surface area contributed by atoms with Crippen LogP contribution in [0.1, 0.15) is 12.8 Å². The van der Waals surface area contributed by atoms with Gasteiger partial charge in [-0.3, -0.25) is 4.79 Å². The van der Waals surface area contributed by atoms with Gasteiger partial charge in [-0.2, -0.15) is 0 Å². The number of hydrogen-bond acceptors (Lipinski definition) is 2. The molecule has 1 amide bonds. The zero-order valence-corrected chi connectivity index (χ0v) is 6.68. The van der Waals surface area contributed by atoms with Crippen molar-refractivity contribution in [3.63, 3.8) is 0 Å². The normalized spacial score (nSPS) is 30.2. The van der Waals surface area contributed by atoms with E-state index in [4.69, 9.17) is 0 Å². The molecule has 0 aliphatic carbocycles. The van der Waals surface area contributed by atoms with Crippen molar-refractivity contribution in [1.82, 2.24) is 10.2 Å². The van der Waals surface area contributed by atoms with Crippen molar-refractivity contribution in [3.05, 3.63) is 0 Å². The fourth-order valence-corrected chi connectivity index (χ4v) is 1.66. The lowest BCUT2D eigenvalue weighted by Gasteiger charge is -2.32. The minimum absolute atomic E-state index is 0.287. The second-order valence-electron chi connectivity index (χ2n) is 3.37. The highest BCUT2D eigenvalue weighted by molar-refractivity contribution is 5.80. The molecule has 3 heteroatoms. The van der Waals surface area contributed by atoms with Crippen LogP contribution in [-0.4, -0.2) is 37.0 Å². The molecule has 0 radical (unpaired) electrons. The summed E-state index contributed by atoms with van der Waals surface area (Å²) in [5.41, 5.74) is 0. The van der Waals surface area contributed by atoms with Gasteiger partial charge in [0, 0.05) is 19.6 Å². The Kier molecular flexibility index (Phi) is 1.82. The van der Waals surface area contributed by atoms with Gasteiger partial charge in [0.25, 0.3) is 0 Å². The standard InChI is InChI=1S/C8H14N2O/c11-8(10-4-1-5-10)7-2-3-9-6-7/h7,9H,1-6H2. The highest BCUT2D eigenvalue weighted by Crippen LogP contribution is 2.15. The smallest absolute Gasteiger partial charge is 0.227 e. The zero-order valence-electron chi connectivity index (χ0n) is 6.68. The summed E-state index contributed by atoms with van der Waals surface area (Å²) in [6.07, 6.45) is 2.24. The number of nitrogens with one attached hydrogen (secondary N) is 1. The van der Waals surface area contributed by atoms with E-state index in [9.17, 15) is 4.79 Å². The molecule has 0 aromatic rings. The Morgan fingerprint density at radius 1 is 1.45 bits per heavy atom. The van der Waals surface area contributed by atoms with Crippen molar-refractivity contribution in [3.8, 4) is 0 Å². The van der Waals surface area contributed by atoms with E-state index >= 15 is 0 Å². The molecule has 2 fully saturated rings. The van der Waals surface area contributed by atoms with Crippen molar-refractivity contribution < 1.29 is 4.79 Å². The van der Waals surface area contributed by atoms with Gasteiger partial charge in [-0.15, -0.1) is 0 Å². The molecular formula is C8H14N2O. The third-order valence-corrected chi connectivity index (χ3v) is 2.58. The zero-order chi connectivity index (χ0) is 7.68. The Morgan fingerprint density at radius 3 is 2.73 bits per heavy atom. The summed E-state index contributed by atoms with van der Waals surface area (Å²) in [5.74, 6) is 0.663. The van der Waals surface area contributed by atoms with Gasteiger partial charge >= 0.3 is 0 Å². The van der Waals surface area contributed by atoms with Crippen molar-refractivity contribution in [1.29, 1.82) is 0 Å². The predicted octanol–water partition coefficient (Wildman–Crippen LogP) is -0.172. The molecule has 0 saturated carbocycles. The molecule has 2 aliphatic rings. The van der Waals surface area contributed by atoms with E-state index in [1.165, 1.54) is 6.42 Å². The lowest BCUT2D eigenvalue weighted by atomic mass is 10.1. The van der Waals surface area contributed by atoms with E-state index in [1.807, 2.05) is 4.90 Å². The second kappa shape index (κ2) is 2.81. The summed E-state index contributed by atoms with van der Waals surface area (Å²) >= 11 is 0. The van der Waals surface area contributed by atoms with Gasteiger partial charge in [0.1, 0.15) is 0 Å². The Hall–Kier alpha value is -0.570. The average Bonchev–Trinajstić information content (AvgIpc) is 2.32. The highest BCUT2D eigenvalue weighted by atomic mass is 16.2. The fraction of sp³-hybridized carbons (Fsp3) is 0.875. The van der Waals surface area contributed by atoms with Crippen LogP contribution >= 0.6 is 0 Å². The maximum atomic E-state index is 11.5. The minimum Gasteiger partial charge on any atom is -0.342 e. The molecule has 2 heterocycles. The molecule has 1 atom stereocenters. The van der Waals surface area contributed by atoms with Gasteiger partial charge < -0.3 is 10.2 Å². The largest absolute Gasteiger partial charge is 0.342 e. The topological polar surface area (TPSA) is 32.3 Å². The minimum atomic E-state index is 0.287. The van der Waals surface area contributed by atoms with E-state index in [0.29, 0.717) is 5.91 Å². The van der Waals surface area contributed by atoms with E-state index in [1.54, 1.807) is 0 Å². The number of carbonyl (C=O) groups excluding carboxylic acids is 1. The van der Waals surface area contributed by atoms with E-state index in [2.05, 4.69) is 5.32 Å². The SMILES string of the molecule is O=C(C1CCNC1)N1CCC1. The molecule has 1 unspecified atom stereocenters. The van der Waals surface area contributed by atoms with Crippen molar-refractivity contribution in [2.75, 3.05) is 26.2 Å². The Balaban J connectivity index is 1.87. The van der Waals surface area contributed by atoms with Crippen molar-refractivity contribution >= 4 is 5.91 Å². The monoisotopic (exact) mass is 154 g/mol. The van der Waals surface area contributed by atoms with Crippen molar-refractivity contribution in [2.45, 2.75) is 12.8 Å². The number of hydrogen-bond donors (Lipinski definition) is 1. The number of carbonyl (C=O) groups is 1. The summed E-state index contributed by atoms with van der Waals surface area (Å²) in [6, 6.07) is 0. The van der Waals surface area contributed by atoms with Crippen LogP contribution in [0.5, 0.6) is 0 Å². The number of amides is 1. The van der Waals surface area contributed by atoms with E-state index in [0.717, 1.165) is 32.6 Å². The lowest BCUT2D eigenvalue weighted by molar-refractivity contribution is -0.138. The number of likely N-dealkylation sites (tertiary alicyclic amines) is 1. The maximum absolute atomic E-state index is 11.5. The predicted molar refractivity (Wildman–Crippen MR) is 42.2 cm³/mol. The molecule has 0 aromatic heterocycles. The Bertz CT molecular complexity index is 159. The molecule has 2 aliphatic heterocycles. The first-order valence-electron chi connectivity index (χ1n) is 4.37.